The Morgan fingerprint density at radius 3 is 1.47 bits per heavy atom. The molecule has 0 saturated carbocycles. The maximum atomic E-state index is 6.79. The van der Waals surface area contributed by atoms with E-state index < -0.39 is 0 Å². The van der Waals surface area contributed by atoms with E-state index in [2.05, 4.69) is 248 Å². The van der Waals surface area contributed by atoms with Crippen LogP contribution in [0, 0.1) is 0 Å². The summed E-state index contributed by atoms with van der Waals surface area (Å²) in [5, 5.41) is 2.18. The average molecular weight is 792 g/mol. The Balaban J connectivity index is 1.14. The highest BCUT2D eigenvalue weighted by molar-refractivity contribution is 6.11. The van der Waals surface area contributed by atoms with Gasteiger partial charge in [-0.25, -0.2) is 0 Å². The molecule has 0 aliphatic heterocycles. The van der Waals surface area contributed by atoms with Gasteiger partial charge in [-0.05, 0) is 91.5 Å². The van der Waals surface area contributed by atoms with E-state index in [-0.39, 0.29) is 0 Å². The van der Waals surface area contributed by atoms with E-state index in [9.17, 15) is 0 Å². The van der Waals surface area contributed by atoms with Gasteiger partial charge < -0.3 is 9.32 Å². The molecule has 0 fully saturated rings. The van der Waals surface area contributed by atoms with Gasteiger partial charge in [-0.1, -0.05) is 218 Å². The third kappa shape index (κ3) is 6.74. The number of hydrogen-bond donors (Lipinski definition) is 0. The highest BCUT2D eigenvalue weighted by Gasteiger charge is 2.24. The first-order valence-corrected chi connectivity index (χ1v) is 21.2. The summed E-state index contributed by atoms with van der Waals surface area (Å²) in [4.78, 5) is 2.38. The highest BCUT2D eigenvalue weighted by Crippen LogP contribution is 2.48. The van der Waals surface area contributed by atoms with Crippen molar-refractivity contribution in [3.05, 3.63) is 249 Å². The minimum absolute atomic E-state index is 0.844. The van der Waals surface area contributed by atoms with E-state index in [1.165, 1.54) is 44.5 Å². The first kappa shape index (κ1) is 36.8. The lowest BCUT2D eigenvalue weighted by Gasteiger charge is -2.28. The predicted octanol–water partition coefficient (Wildman–Crippen LogP) is 17.1. The Kier molecular flexibility index (Phi) is 9.57. The van der Waals surface area contributed by atoms with Gasteiger partial charge in [0.25, 0.3) is 0 Å². The lowest BCUT2D eigenvalue weighted by molar-refractivity contribution is 0.669. The quantitative estimate of drug-likeness (QED) is 0.145. The Hall–Kier alpha value is -8.20. The maximum Gasteiger partial charge on any atom is 0.159 e. The molecule has 0 bridgehead atoms. The molecular formula is C60H41NO. The maximum absolute atomic E-state index is 6.79. The van der Waals surface area contributed by atoms with E-state index >= 15 is 0 Å². The highest BCUT2D eigenvalue weighted by atomic mass is 16.3. The monoisotopic (exact) mass is 791 g/mol. The molecule has 0 amide bonds. The van der Waals surface area contributed by atoms with Gasteiger partial charge in [0.2, 0.25) is 0 Å². The summed E-state index contributed by atoms with van der Waals surface area (Å²) in [5.41, 5.74) is 18.8. The van der Waals surface area contributed by atoms with Crippen molar-refractivity contribution in [1.82, 2.24) is 0 Å². The van der Waals surface area contributed by atoms with Crippen LogP contribution in [-0.2, 0) is 0 Å². The smallest absolute Gasteiger partial charge is 0.159 e. The first-order valence-electron chi connectivity index (χ1n) is 21.2. The second kappa shape index (κ2) is 16.1. The summed E-state index contributed by atoms with van der Waals surface area (Å²) < 4.78 is 6.79. The lowest BCUT2D eigenvalue weighted by Crippen LogP contribution is -2.11. The molecule has 292 valence electrons. The Bertz CT molecular complexity index is 3330. The SMILES string of the molecule is c1ccc(-c2ccc(-c3ccccc3N(c3cccc(-c4cccc(-c5ccccc5)c4-c4ccccc4-c4ccccc4)c3)c3cccc4c3oc3ccccc34)cc2)cc1. The van der Waals surface area contributed by atoms with Crippen molar-refractivity contribution in [1.29, 1.82) is 0 Å². The topological polar surface area (TPSA) is 16.4 Å². The molecule has 0 spiro atoms. The third-order valence-corrected chi connectivity index (χ3v) is 11.9. The van der Waals surface area contributed by atoms with Crippen LogP contribution in [0.1, 0.15) is 0 Å². The summed E-state index contributed by atoms with van der Waals surface area (Å²) in [6.45, 7) is 0. The zero-order valence-corrected chi connectivity index (χ0v) is 34.0. The molecule has 1 aromatic heterocycles. The van der Waals surface area contributed by atoms with E-state index in [0.29, 0.717) is 0 Å². The summed E-state index contributed by atoms with van der Waals surface area (Å²) in [5.74, 6) is 0. The number of hydrogen-bond acceptors (Lipinski definition) is 2. The van der Waals surface area contributed by atoms with Gasteiger partial charge in [-0.15, -0.1) is 0 Å². The number of benzene rings is 10. The number of para-hydroxylation sites is 3. The van der Waals surface area contributed by atoms with Crippen molar-refractivity contribution < 1.29 is 4.42 Å². The Morgan fingerprint density at radius 1 is 0.274 bits per heavy atom. The molecule has 0 saturated heterocycles. The zero-order valence-electron chi connectivity index (χ0n) is 34.0. The first-order chi connectivity index (χ1) is 30.8. The molecule has 11 rings (SSSR count). The molecule has 0 N–H and O–H groups in total. The van der Waals surface area contributed by atoms with Crippen LogP contribution in [0.5, 0.6) is 0 Å². The van der Waals surface area contributed by atoms with Crippen molar-refractivity contribution in [2.24, 2.45) is 0 Å². The molecule has 2 heteroatoms. The van der Waals surface area contributed by atoms with Gasteiger partial charge in [0.05, 0.1) is 11.4 Å². The third-order valence-electron chi connectivity index (χ3n) is 11.9. The van der Waals surface area contributed by atoms with Crippen molar-refractivity contribution in [3.63, 3.8) is 0 Å². The van der Waals surface area contributed by atoms with Crippen LogP contribution in [0.2, 0.25) is 0 Å². The number of rotatable bonds is 9. The van der Waals surface area contributed by atoms with Crippen LogP contribution in [0.25, 0.3) is 88.7 Å². The fraction of sp³-hybridized carbons (Fsp3) is 0. The van der Waals surface area contributed by atoms with Gasteiger partial charge in [0.15, 0.2) is 5.58 Å². The van der Waals surface area contributed by atoms with E-state index in [1.54, 1.807) is 0 Å². The Labute approximate surface area is 362 Å². The fourth-order valence-electron chi connectivity index (χ4n) is 9.03. The van der Waals surface area contributed by atoms with Crippen LogP contribution in [0.3, 0.4) is 0 Å². The molecule has 11 aromatic rings. The van der Waals surface area contributed by atoms with Gasteiger partial charge in [0, 0.05) is 22.0 Å². The summed E-state index contributed by atoms with van der Waals surface area (Å²) in [6.07, 6.45) is 0. The van der Waals surface area contributed by atoms with E-state index in [1.807, 2.05) is 6.07 Å². The van der Waals surface area contributed by atoms with Gasteiger partial charge in [-0.3, -0.25) is 0 Å². The molecular weight excluding hydrogens is 751 g/mol. The normalized spacial score (nSPS) is 11.2. The van der Waals surface area contributed by atoms with Gasteiger partial charge in [0.1, 0.15) is 5.58 Å². The summed E-state index contributed by atoms with van der Waals surface area (Å²) in [6, 6.07) is 89.0. The molecule has 0 radical (unpaired) electrons. The lowest BCUT2D eigenvalue weighted by atomic mass is 9.84. The van der Waals surface area contributed by atoms with Crippen LogP contribution in [0.4, 0.5) is 17.1 Å². The van der Waals surface area contributed by atoms with Crippen molar-refractivity contribution >= 4 is 39.0 Å². The zero-order chi connectivity index (χ0) is 41.2. The minimum atomic E-state index is 0.844. The molecule has 62 heavy (non-hydrogen) atoms. The minimum Gasteiger partial charge on any atom is -0.454 e. The number of anilines is 3. The molecule has 0 aliphatic carbocycles. The molecule has 2 nitrogen and oxygen atoms in total. The second-order valence-electron chi connectivity index (χ2n) is 15.6. The van der Waals surface area contributed by atoms with Crippen LogP contribution in [-0.4, -0.2) is 0 Å². The van der Waals surface area contributed by atoms with Crippen LogP contribution in [0.15, 0.2) is 253 Å². The van der Waals surface area contributed by atoms with Crippen LogP contribution >= 0.6 is 0 Å². The second-order valence-corrected chi connectivity index (χ2v) is 15.6. The number of nitrogens with zero attached hydrogens (tertiary/aromatic N) is 1. The van der Waals surface area contributed by atoms with Crippen molar-refractivity contribution in [2.45, 2.75) is 0 Å². The Morgan fingerprint density at radius 2 is 0.726 bits per heavy atom. The fourth-order valence-corrected chi connectivity index (χ4v) is 9.03. The van der Waals surface area contributed by atoms with Crippen molar-refractivity contribution in [2.75, 3.05) is 4.90 Å². The van der Waals surface area contributed by atoms with Gasteiger partial charge >= 0.3 is 0 Å². The van der Waals surface area contributed by atoms with Crippen LogP contribution < -0.4 is 4.90 Å². The average Bonchev–Trinajstić information content (AvgIpc) is 3.75. The summed E-state index contributed by atoms with van der Waals surface area (Å²) in [7, 11) is 0. The molecule has 10 aromatic carbocycles. The molecule has 1 heterocycles. The summed E-state index contributed by atoms with van der Waals surface area (Å²) >= 11 is 0. The molecule has 0 atom stereocenters. The largest absolute Gasteiger partial charge is 0.454 e. The molecule has 0 aliphatic rings. The van der Waals surface area contributed by atoms with E-state index in [0.717, 1.165) is 61.3 Å². The predicted molar refractivity (Wildman–Crippen MR) is 261 cm³/mol. The van der Waals surface area contributed by atoms with Gasteiger partial charge in [-0.2, -0.15) is 0 Å². The standard InChI is InChI=1S/C60H41NO/c1-4-19-42(20-5-1)43-37-39-46(40-38-43)50-28-12-14-34-56(50)61(57-35-18-33-55-53-29-13-15-36-58(53)62-60(55)57)48-26-16-25-47(41-48)52-32-17-31-51(45-23-8-3-9-24-45)59(52)54-30-11-10-27-49(54)44-21-6-2-7-22-44/h1-41H. The molecule has 0 unspecified atom stereocenters. The van der Waals surface area contributed by atoms with E-state index in [4.69, 9.17) is 4.42 Å². The number of fused-ring (bicyclic) bond motifs is 3. The number of furan rings is 1. The van der Waals surface area contributed by atoms with Crippen molar-refractivity contribution in [3.8, 4) is 66.8 Å².